The number of nitrogens with zero attached hydrogens (tertiary/aromatic N) is 3. The molecule has 0 spiro atoms. The number of ether oxygens (including phenoxy) is 1. The van der Waals surface area contributed by atoms with Gasteiger partial charge >= 0.3 is 0 Å². The van der Waals surface area contributed by atoms with E-state index in [1.807, 2.05) is 97.1 Å². The van der Waals surface area contributed by atoms with Gasteiger partial charge in [0.1, 0.15) is 11.5 Å². The number of aromatic hydroxyl groups is 1. The van der Waals surface area contributed by atoms with Crippen LogP contribution in [0.2, 0.25) is 0 Å². The van der Waals surface area contributed by atoms with Crippen LogP contribution in [0.3, 0.4) is 0 Å². The number of carbonyl (C=O) groups excluding carboxylic acids is 1. The Bertz CT molecular complexity index is 1600. The second-order valence-electron chi connectivity index (χ2n) is 8.55. The zero-order valence-corrected chi connectivity index (χ0v) is 20.6. The minimum atomic E-state index is -0.651. The number of hydrogen-bond acceptors (Lipinski definition) is 4. The monoisotopic (exact) mass is 537 g/mol. The first-order valence-electron chi connectivity index (χ1n) is 11.5. The molecule has 6 rings (SSSR count). The molecule has 0 saturated carbocycles. The highest BCUT2D eigenvalue weighted by atomic mass is 79.9. The molecule has 5 aromatic rings. The number of carbonyl (C=O) groups is 1. The average molecular weight is 538 g/mol. The van der Waals surface area contributed by atoms with Crippen LogP contribution in [-0.2, 0) is 11.3 Å². The fraction of sp³-hybridized carbons (Fsp3) is 0.0690. The molecule has 0 atom stereocenters. The summed E-state index contributed by atoms with van der Waals surface area (Å²) in [5.74, 6) is 0.112. The van der Waals surface area contributed by atoms with Crippen LogP contribution in [0.15, 0.2) is 112 Å². The molecule has 0 radical (unpaired) electrons. The molecule has 6 nitrogen and oxygen atoms in total. The summed E-state index contributed by atoms with van der Waals surface area (Å²) in [4.78, 5) is 13.5. The van der Waals surface area contributed by atoms with E-state index in [9.17, 15) is 9.90 Å². The molecule has 1 aliphatic heterocycles. The number of azo groups is 1. The second-order valence-corrected chi connectivity index (χ2v) is 9.47. The fourth-order valence-electron chi connectivity index (χ4n) is 4.65. The molecule has 1 aromatic heterocycles. The highest BCUT2D eigenvalue weighted by molar-refractivity contribution is 9.10. The molecule has 1 aliphatic rings. The van der Waals surface area contributed by atoms with Gasteiger partial charge in [-0.15, -0.1) is 10.2 Å². The Morgan fingerprint density at radius 3 is 2.22 bits per heavy atom. The molecule has 176 valence electrons. The number of halogens is 1. The number of hydrogen-bond donors (Lipinski definition) is 1. The Hall–Kier alpha value is -4.23. The summed E-state index contributed by atoms with van der Waals surface area (Å²) in [7, 11) is 0. The second kappa shape index (κ2) is 9.09. The molecule has 7 heteroatoms. The lowest BCUT2D eigenvalue weighted by atomic mass is 9.87. The largest absolute Gasteiger partial charge is 0.493 e. The van der Waals surface area contributed by atoms with Gasteiger partial charge in [0.25, 0.3) is 5.91 Å². The highest BCUT2D eigenvalue weighted by Gasteiger charge is 2.32. The summed E-state index contributed by atoms with van der Waals surface area (Å²) < 4.78 is 8.61. The third-order valence-corrected chi connectivity index (χ3v) is 6.82. The van der Waals surface area contributed by atoms with E-state index in [-0.39, 0.29) is 11.6 Å². The van der Waals surface area contributed by atoms with Gasteiger partial charge in [0, 0.05) is 21.0 Å². The Labute approximate surface area is 215 Å². The maximum atomic E-state index is 13.5. The minimum absolute atomic E-state index is 0.0451. The first-order chi connectivity index (χ1) is 17.6. The van der Waals surface area contributed by atoms with Gasteiger partial charge in [0.05, 0.1) is 18.0 Å². The fourth-order valence-corrected chi connectivity index (χ4v) is 5.01. The topological polar surface area (TPSA) is 76.2 Å². The summed E-state index contributed by atoms with van der Waals surface area (Å²) in [6, 6.07) is 30.4. The minimum Gasteiger partial charge on any atom is -0.493 e. The van der Waals surface area contributed by atoms with Gasteiger partial charge in [-0.2, -0.15) is 0 Å². The van der Waals surface area contributed by atoms with E-state index >= 15 is 0 Å². The van der Waals surface area contributed by atoms with Gasteiger partial charge in [-0.05, 0) is 35.9 Å². The number of aromatic nitrogens is 1. The smallest absolute Gasteiger partial charge is 0.276 e. The van der Waals surface area contributed by atoms with Crippen LogP contribution in [0.25, 0.3) is 10.9 Å². The van der Waals surface area contributed by atoms with Gasteiger partial charge in [0.2, 0.25) is 5.88 Å². The zero-order chi connectivity index (χ0) is 24.6. The average Bonchev–Trinajstić information content (AvgIpc) is 3.15. The summed E-state index contributed by atoms with van der Waals surface area (Å²) in [6.45, 7) is 0.453. The third-order valence-electron chi connectivity index (χ3n) is 6.33. The van der Waals surface area contributed by atoms with Crippen LogP contribution >= 0.6 is 15.9 Å². The van der Waals surface area contributed by atoms with E-state index < -0.39 is 11.8 Å². The number of amides is 1. The van der Waals surface area contributed by atoms with Crippen LogP contribution in [0.5, 0.6) is 17.4 Å². The molecule has 0 unspecified atom stereocenters. The van der Waals surface area contributed by atoms with Crippen LogP contribution in [0.4, 0.5) is 5.69 Å². The van der Waals surface area contributed by atoms with Gasteiger partial charge in [-0.1, -0.05) is 82.7 Å². The molecular weight excluding hydrogens is 518 g/mol. The van der Waals surface area contributed by atoms with Crippen LogP contribution in [0, 0.1) is 0 Å². The van der Waals surface area contributed by atoms with E-state index in [0.29, 0.717) is 23.4 Å². The molecular formula is C29H20BrN3O3. The maximum absolute atomic E-state index is 13.5. The van der Waals surface area contributed by atoms with Crippen molar-refractivity contribution in [2.75, 3.05) is 0 Å². The van der Waals surface area contributed by atoms with E-state index in [2.05, 4.69) is 26.2 Å². The van der Waals surface area contributed by atoms with Crippen molar-refractivity contribution in [2.24, 2.45) is 10.2 Å². The normalized spacial score (nSPS) is 12.9. The quantitative estimate of drug-likeness (QED) is 0.238. The highest BCUT2D eigenvalue weighted by Crippen LogP contribution is 2.45. The van der Waals surface area contributed by atoms with Crippen molar-refractivity contribution in [2.45, 2.75) is 12.5 Å². The summed E-state index contributed by atoms with van der Waals surface area (Å²) in [5, 5.41) is 20.3. The van der Waals surface area contributed by atoms with Crippen LogP contribution in [0.1, 0.15) is 22.6 Å². The van der Waals surface area contributed by atoms with Gasteiger partial charge in [-0.3, -0.25) is 4.79 Å². The number of para-hydroxylation sites is 2. The lowest BCUT2D eigenvalue weighted by Crippen LogP contribution is -2.17. The molecule has 1 N–H and O–H groups in total. The Kier molecular flexibility index (Phi) is 5.62. The Morgan fingerprint density at radius 2 is 1.53 bits per heavy atom. The van der Waals surface area contributed by atoms with E-state index in [1.165, 1.54) is 0 Å². The van der Waals surface area contributed by atoms with Crippen molar-refractivity contribution in [3.8, 4) is 17.4 Å². The van der Waals surface area contributed by atoms with E-state index in [0.717, 1.165) is 26.7 Å². The van der Waals surface area contributed by atoms with Crippen molar-refractivity contribution >= 4 is 38.4 Å². The molecule has 4 aromatic carbocycles. The summed E-state index contributed by atoms with van der Waals surface area (Å²) in [5.41, 5.74) is 3.55. The number of rotatable bonds is 4. The van der Waals surface area contributed by atoms with Gasteiger partial charge < -0.3 is 14.4 Å². The number of benzene rings is 4. The maximum Gasteiger partial charge on any atom is 0.276 e. The number of fused-ring (bicyclic) bond motifs is 3. The van der Waals surface area contributed by atoms with Crippen molar-refractivity contribution in [3.05, 3.63) is 118 Å². The van der Waals surface area contributed by atoms with Crippen LogP contribution in [-0.4, -0.2) is 15.6 Å². The summed E-state index contributed by atoms with van der Waals surface area (Å²) in [6.07, 6.45) is 0. The van der Waals surface area contributed by atoms with Crippen molar-refractivity contribution < 1.29 is 14.6 Å². The third kappa shape index (κ3) is 3.87. The van der Waals surface area contributed by atoms with Crippen molar-refractivity contribution in [1.82, 2.24) is 4.57 Å². The molecule has 0 saturated heterocycles. The first kappa shape index (κ1) is 22.2. The lowest BCUT2D eigenvalue weighted by molar-refractivity contribution is -0.119. The molecule has 0 bridgehead atoms. The van der Waals surface area contributed by atoms with Gasteiger partial charge in [-0.25, -0.2) is 0 Å². The molecule has 2 heterocycles. The molecule has 0 aliphatic carbocycles. The predicted octanol–water partition coefficient (Wildman–Crippen LogP) is 7.71. The predicted molar refractivity (Wildman–Crippen MR) is 141 cm³/mol. The Balaban J connectivity index is 1.42. The van der Waals surface area contributed by atoms with Crippen LogP contribution < -0.4 is 4.74 Å². The Morgan fingerprint density at radius 1 is 0.889 bits per heavy atom. The van der Waals surface area contributed by atoms with Crippen molar-refractivity contribution in [3.63, 3.8) is 0 Å². The molecule has 0 fully saturated rings. The van der Waals surface area contributed by atoms with Gasteiger partial charge in [0.15, 0.2) is 5.69 Å². The zero-order valence-electron chi connectivity index (χ0n) is 19.0. The molecule has 1 amide bonds. The van der Waals surface area contributed by atoms with Crippen molar-refractivity contribution in [1.29, 1.82) is 0 Å². The lowest BCUT2D eigenvalue weighted by Gasteiger charge is -2.25. The SMILES string of the molecule is O=C(N=Nc1c(O)n(Cc2ccccc2)c2ccc(Br)cc12)C1c2ccccc2Oc2ccccc21. The van der Waals surface area contributed by atoms with E-state index in [1.54, 1.807) is 4.57 Å². The molecule has 36 heavy (non-hydrogen) atoms. The summed E-state index contributed by atoms with van der Waals surface area (Å²) >= 11 is 3.50. The van der Waals surface area contributed by atoms with E-state index in [4.69, 9.17) is 4.74 Å². The standard InChI is InChI=1S/C29H20BrN3O3/c30-19-14-15-23-22(16-19)27(29(35)33(23)17-18-8-2-1-3-9-18)31-32-28(34)26-20-10-4-6-12-24(20)36-25-13-7-5-11-21(25)26/h1-16,26,35H,17H2. The first-order valence-corrected chi connectivity index (χ1v) is 12.3.